The quantitative estimate of drug-likeness (QED) is 0.663. The molecule has 0 fully saturated rings. The molecule has 130 valence electrons. The topological polar surface area (TPSA) is 54.3 Å². The van der Waals surface area contributed by atoms with Gasteiger partial charge in [0.2, 0.25) is 0 Å². The number of amides is 1. The summed E-state index contributed by atoms with van der Waals surface area (Å²) in [6.45, 7) is -0.167. The molecule has 0 aliphatic carbocycles. The molecule has 1 unspecified atom stereocenters. The van der Waals surface area contributed by atoms with Crippen molar-refractivity contribution in [2.24, 2.45) is 7.05 Å². The second kappa shape index (κ2) is 7.52. The smallest absolute Gasteiger partial charge is 0.268 e. The van der Waals surface area contributed by atoms with Crippen molar-refractivity contribution in [3.63, 3.8) is 0 Å². The van der Waals surface area contributed by atoms with Crippen LogP contribution in [0, 0.1) is 0 Å². The van der Waals surface area contributed by atoms with Crippen LogP contribution in [0.1, 0.15) is 22.1 Å². The number of nitrogens with zero attached hydrogens (tertiary/aromatic N) is 1. The van der Waals surface area contributed by atoms with E-state index in [9.17, 15) is 9.90 Å². The molecule has 0 aliphatic heterocycles. The van der Waals surface area contributed by atoms with Gasteiger partial charge in [-0.15, -0.1) is 11.8 Å². The number of halogens is 1. The van der Waals surface area contributed by atoms with Gasteiger partial charge in [-0.3, -0.25) is 4.79 Å². The molecule has 3 rings (SSSR count). The molecule has 1 amide bonds. The van der Waals surface area contributed by atoms with Gasteiger partial charge in [0.15, 0.2) is 0 Å². The largest absolute Gasteiger partial charge is 0.394 e. The third-order valence-corrected chi connectivity index (χ3v) is 5.22. The van der Waals surface area contributed by atoms with E-state index in [2.05, 4.69) is 5.32 Å². The van der Waals surface area contributed by atoms with Crippen LogP contribution in [0.5, 0.6) is 0 Å². The van der Waals surface area contributed by atoms with E-state index in [1.807, 2.05) is 60.3 Å². The summed E-state index contributed by atoms with van der Waals surface area (Å²) in [4.78, 5) is 13.8. The number of aromatic nitrogens is 1. The van der Waals surface area contributed by atoms with Crippen LogP contribution in [0.4, 0.5) is 0 Å². The van der Waals surface area contributed by atoms with Crippen LogP contribution in [0.3, 0.4) is 0 Å². The number of aliphatic hydroxyl groups is 1. The molecule has 0 bridgehead atoms. The summed E-state index contributed by atoms with van der Waals surface area (Å²) in [5.41, 5.74) is 2.29. The number of aryl methyl sites for hydroxylation is 1. The number of benzene rings is 2. The van der Waals surface area contributed by atoms with Crippen LogP contribution in [-0.4, -0.2) is 28.4 Å². The van der Waals surface area contributed by atoms with Crippen molar-refractivity contribution in [2.45, 2.75) is 10.9 Å². The number of fused-ring (bicyclic) bond motifs is 1. The predicted molar refractivity (Wildman–Crippen MR) is 103 cm³/mol. The maximum absolute atomic E-state index is 12.7. The van der Waals surface area contributed by atoms with Crippen molar-refractivity contribution in [1.82, 2.24) is 9.88 Å². The lowest BCUT2D eigenvalue weighted by Gasteiger charge is -2.17. The van der Waals surface area contributed by atoms with E-state index < -0.39 is 6.04 Å². The maximum Gasteiger partial charge on any atom is 0.268 e. The van der Waals surface area contributed by atoms with Crippen LogP contribution in [-0.2, 0) is 7.05 Å². The average molecular weight is 375 g/mol. The first-order valence-corrected chi connectivity index (χ1v) is 9.44. The van der Waals surface area contributed by atoms with Gasteiger partial charge >= 0.3 is 0 Å². The summed E-state index contributed by atoms with van der Waals surface area (Å²) in [6.07, 6.45) is 2.01. The van der Waals surface area contributed by atoms with Gasteiger partial charge < -0.3 is 15.0 Å². The van der Waals surface area contributed by atoms with Gasteiger partial charge in [-0.05, 0) is 42.2 Å². The first kappa shape index (κ1) is 17.9. The number of thioether (sulfide) groups is 1. The SMILES string of the molecule is CSc1ccc(C(CO)NC(=O)c2cc3ccc(Cl)cc3n2C)cc1. The van der Waals surface area contributed by atoms with Gasteiger partial charge in [0.1, 0.15) is 5.69 Å². The maximum atomic E-state index is 12.7. The fourth-order valence-electron chi connectivity index (χ4n) is 2.82. The summed E-state index contributed by atoms with van der Waals surface area (Å²) in [5, 5.41) is 14.2. The Morgan fingerprint density at radius 2 is 1.96 bits per heavy atom. The van der Waals surface area contributed by atoms with Gasteiger partial charge in [-0.1, -0.05) is 29.8 Å². The molecule has 0 radical (unpaired) electrons. The molecule has 0 saturated carbocycles. The molecule has 0 spiro atoms. The van der Waals surface area contributed by atoms with E-state index in [1.165, 1.54) is 0 Å². The number of hydrogen-bond donors (Lipinski definition) is 2. The van der Waals surface area contributed by atoms with Crippen molar-refractivity contribution < 1.29 is 9.90 Å². The highest BCUT2D eigenvalue weighted by Gasteiger charge is 2.18. The fraction of sp³-hybridized carbons (Fsp3) is 0.211. The van der Waals surface area contributed by atoms with Gasteiger partial charge in [-0.25, -0.2) is 0 Å². The highest BCUT2D eigenvalue weighted by Crippen LogP contribution is 2.24. The van der Waals surface area contributed by atoms with Crippen molar-refractivity contribution >= 4 is 40.2 Å². The number of carbonyl (C=O) groups is 1. The van der Waals surface area contributed by atoms with E-state index in [4.69, 9.17) is 11.6 Å². The van der Waals surface area contributed by atoms with Gasteiger partial charge in [0, 0.05) is 27.9 Å². The Morgan fingerprint density at radius 3 is 2.60 bits per heavy atom. The molecule has 1 aromatic heterocycles. The van der Waals surface area contributed by atoms with Crippen molar-refractivity contribution in [3.05, 3.63) is 64.8 Å². The molecule has 3 aromatic rings. The second-order valence-corrected chi connectivity index (χ2v) is 7.09. The fourth-order valence-corrected chi connectivity index (χ4v) is 3.40. The monoisotopic (exact) mass is 374 g/mol. The van der Waals surface area contributed by atoms with E-state index in [1.54, 1.807) is 17.8 Å². The normalized spacial score (nSPS) is 12.3. The number of rotatable bonds is 5. The van der Waals surface area contributed by atoms with Gasteiger partial charge in [-0.2, -0.15) is 0 Å². The third-order valence-electron chi connectivity index (χ3n) is 4.25. The summed E-state index contributed by atoms with van der Waals surface area (Å²) in [7, 11) is 1.83. The molecule has 0 aliphatic rings. The number of carbonyl (C=O) groups excluding carboxylic acids is 1. The zero-order chi connectivity index (χ0) is 18.0. The lowest BCUT2D eigenvalue weighted by Crippen LogP contribution is -2.31. The predicted octanol–water partition coefficient (Wildman–Crippen LogP) is 4.02. The van der Waals surface area contributed by atoms with Crippen molar-refractivity contribution in [1.29, 1.82) is 0 Å². The second-order valence-electron chi connectivity index (χ2n) is 5.77. The number of aliphatic hydroxyl groups excluding tert-OH is 1. The zero-order valence-electron chi connectivity index (χ0n) is 14.0. The minimum atomic E-state index is -0.454. The Labute approximate surface area is 155 Å². The van der Waals surface area contributed by atoms with E-state index in [-0.39, 0.29) is 12.5 Å². The molecular formula is C19H19ClN2O2S. The van der Waals surface area contributed by atoms with Gasteiger partial charge in [0.05, 0.1) is 12.6 Å². The van der Waals surface area contributed by atoms with Crippen molar-refractivity contribution in [3.8, 4) is 0 Å². The summed E-state index contributed by atoms with van der Waals surface area (Å²) in [5.74, 6) is -0.234. The Morgan fingerprint density at radius 1 is 1.24 bits per heavy atom. The number of hydrogen-bond acceptors (Lipinski definition) is 3. The zero-order valence-corrected chi connectivity index (χ0v) is 15.6. The molecule has 1 atom stereocenters. The lowest BCUT2D eigenvalue weighted by atomic mass is 10.1. The van der Waals surface area contributed by atoms with Gasteiger partial charge in [0.25, 0.3) is 5.91 Å². The van der Waals surface area contributed by atoms with Crippen LogP contribution < -0.4 is 5.32 Å². The molecular weight excluding hydrogens is 356 g/mol. The summed E-state index contributed by atoms with van der Waals surface area (Å²) in [6, 6.07) is 14.7. The van der Waals surface area contributed by atoms with Crippen molar-refractivity contribution in [2.75, 3.05) is 12.9 Å². The number of nitrogens with one attached hydrogen (secondary N) is 1. The lowest BCUT2D eigenvalue weighted by molar-refractivity contribution is 0.0908. The molecule has 4 nitrogen and oxygen atoms in total. The van der Waals surface area contributed by atoms with Crippen LogP contribution in [0.15, 0.2) is 53.4 Å². The first-order valence-electron chi connectivity index (χ1n) is 7.84. The Bertz CT molecular complexity index is 906. The van der Waals surface area contributed by atoms with Crippen LogP contribution >= 0.6 is 23.4 Å². The highest BCUT2D eigenvalue weighted by atomic mass is 35.5. The van der Waals surface area contributed by atoms with Crippen LogP contribution in [0.2, 0.25) is 5.02 Å². The molecule has 0 saturated heterocycles. The Balaban J connectivity index is 1.85. The minimum Gasteiger partial charge on any atom is -0.394 e. The highest BCUT2D eigenvalue weighted by molar-refractivity contribution is 7.98. The molecule has 1 heterocycles. The minimum absolute atomic E-state index is 0.167. The van der Waals surface area contributed by atoms with Crippen LogP contribution in [0.25, 0.3) is 10.9 Å². The Hall–Kier alpha value is -1.95. The Kier molecular flexibility index (Phi) is 5.37. The molecule has 25 heavy (non-hydrogen) atoms. The molecule has 6 heteroatoms. The summed E-state index contributed by atoms with van der Waals surface area (Å²) >= 11 is 7.69. The molecule has 2 N–H and O–H groups in total. The van der Waals surface area contributed by atoms with E-state index >= 15 is 0 Å². The van der Waals surface area contributed by atoms with E-state index in [0.717, 1.165) is 21.4 Å². The van der Waals surface area contributed by atoms with E-state index in [0.29, 0.717) is 10.7 Å². The summed E-state index contributed by atoms with van der Waals surface area (Å²) < 4.78 is 1.81. The third kappa shape index (κ3) is 3.68. The standard InChI is InChI=1S/C19H19ClN2O2S/c1-22-17-10-14(20)6-3-13(17)9-18(22)19(24)21-16(11-23)12-4-7-15(25-2)8-5-12/h3-10,16,23H,11H2,1-2H3,(H,21,24). The first-order chi connectivity index (χ1) is 12.0. The molecule has 2 aromatic carbocycles. The average Bonchev–Trinajstić information content (AvgIpc) is 2.96.